The Bertz CT molecular complexity index is 1150. The van der Waals surface area contributed by atoms with Crippen molar-refractivity contribution in [1.82, 2.24) is 14.2 Å². The molecule has 2 heterocycles. The number of fused-ring (bicyclic) bond motifs is 1. The van der Waals surface area contributed by atoms with E-state index in [-0.39, 0.29) is 10.8 Å². The van der Waals surface area contributed by atoms with Crippen molar-refractivity contribution in [2.45, 2.75) is 24.2 Å². The van der Waals surface area contributed by atoms with Gasteiger partial charge in [-0.15, -0.1) is 0 Å². The second-order valence-corrected chi connectivity index (χ2v) is 11.2. The largest absolute Gasteiger partial charge is 0.308 e. The molecule has 0 saturated carbocycles. The van der Waals surface area contributed by atoms with Crippen molar-refractivity contribution in [1.29, 1.82) is 0 Å². The smallest absolute Gasteiger partial charge is 0.260 e. The Morgan fingerprint density at radius 3 is 2.34 bits per heavy atom. The van der Waals surface area contributed by atoms with Crippen LogP contribution in [0, 0.1) is 0 Å². The average molecular weight is 473 g/mol. The van der Waals surface area contributed by atoms with Crippen LogP contribution in [0.1, 0.15) is 29.6 Å². The molecule has 1 aromatic heterocycles. The molecule has 0 spiro atoms. The normalized spacial score (nSPS) is 15.3. The number of para-hydroxylation sites is 1. The molecule has 3 aromatic rings. The van der Waals surface area contributed by atoms with Crippen molar-refractivity contribution in [3.05, 3.63) is 54.1 Å². The van der Waals surface area contributed by atoms with Gasteiger partial charge in [0.05, 0.1) is 15.1 Å². The van der Waals surface area contributed by atoms with Gasteiger partial charge < -0.3 is 4.90 Å². The monoisotopic (exact) mass is 472 g/mol. The predicted molar refractivity (Wildman–Crippen MR) is 129 cm³/mol. The lowest BCUT2D eigenvalue weighted by Gasteiger charge is -2.26. The third-order valence-electron chi connectivity index (χ3n) is 5.58. The number of benzene rings is 2. The van der Waals surface area contributed by atoms with Gasteiger partial charge in [0, 0.05) is 31.7 Å². The number of carbonyl (C=O) groups is 1. The van der Waals surface area contributed by atoms with Crippen LogP contribution in [-0.2, 0) is 10.0 Å². The molecule has 0 bridgehead atoms. The van der Waals surface area contributed by atoms with Crippen LogP contribution in [0.25, 0.3) is 10.2 Å². The molecule has 1 amide bonds. The minimum atomic E-state index is -3.52. The van der Waals surface area contributed by atoms with Gasteiger partial charge in [0.1, 0.15) is 0 Å². The minimum Gasteiger partial charge on any atom is -0.308 e. The zero-order valence-electron chi connectivity index (χ0n) is 18.4. The second kappa shape index (κ2) is 9.66. The zero-order chi connectivity index (χ0) is 22.7. The van der Waals surface area contributed by atoms with Crippen molar-refractivity contribution in [2.24, 2.45) is 0 Å². The van der Waals surface area contributed by atoms with Crippen molar-refractivity contribution in [2.75, 3.05) is 45.2 Å². The van der Waals surface area contributed by atoms with Crippen molar-refractivity contribution >= 4 is 42.6 Å². The Kier molecular flexibility index (Phi) is 6.90. The summed E-state index contributed by atoms with van der Waals surface area (Å²) < 4.78 is 28.4. The molecule has 0 unspecified atom stereocenters. The fourth-order valence-corrected chi connectivity index (χ4v) is 6.25. The zero-order valence-corrected chi connectivity index (χ0v) is 20.0. The van der Waals surface area contributed by atoms with E-state index in [4.69, 9.17) is 0 Å². The lowest BCUT2D eigenvalue weighted by molar-refractivity contribution is 0.0985. The third-order valence-corrected chi connectivity index (χ3v) is 8.56. The molecule has 0 atom stereocenters. The number of aromatic nitrogens is 1. The summed E-state index contributed by atoms with van der Waals surface area (Å²) in [6, 6.07) is 14.1. The molecule has 0 aliphatic carbocycles. The number of anilines is 1. The van der Waals surface area contributed by atoms with E-state index in [9.17, 15) is 13.2 Å². The second-order valence-electron chi connectivity index (χ2n) is 8.21. The summed E-state index contributed by atoms with van der Waals surface area (Å²) in [5.41, 5.74) is 1.30. The van der Waals surface area contributed by atoms with Gasteiger partial charge in [-0.3, -0.25) is 9.69 Å². The van der Waals surface area contributed by atoms with Crippen LogP contribution in [0.3, 0.4) is 0 Å². The summed E-state index contributed by atoms with van der Waals surface area (Å²) in [6.45, 7) is 2.28. The maximum absolute atomic E-state index is 13.4. The first-order valence-corrected chi connectivity index (χ1v) is 13.0. The van der Waals surface area contributed by atoms with E-state index in [0.29, 0.717) is 36.9 Å². The van der Waals surface area contributed by atoms with Crippen LogP contribution in [0.5, 0.6) is 0 Å². The van der Waals surface area contributed by atoms with E-state index in [1.807, 2.05) is 43.3 Å². The average Bonchev–Trinajstić information content (AvgIpc) is 3.23. The predicted octanol–water partition coefficient (Wildman–Crippen LogP) is 3.68. The molecule has 1 saturated heterocycles. The molecule has 7 nitrogen and oxygen atoms in total. The molecule has 0 radical (unpaired) electrons. The van der Waals surface area contributed by atoms with E-state index >= 15 is 0 Å². The van der Waals surface area contributed by atoms with Crippen molar-refractivity contribution in [3.63, 3.8) is 0 Å². The number of amides is 1. The number of carbonyl (C=O) groups excluding carboxylic acids is 1. The summed E-state index contributed by atoms with van der Waals surface area (Å²) in [7, 11) is 0.395. The quantitative estimate of drug-likeness (QED) is 0.524. The summed E-state index contributed by atoms with van der Waals surface area (Å²) >= 11 is 1.48. The van der Waals surface area contributed by atoms with Gasteiger partial charge in [0.2, 0.25) is 10.0 Å². The van der Waals surface area contributed by atoms with Gasteiger partial charge in [0.15, 0.2) is 5.13 Å². The highest BCUT2D eigenvalue weighted by Crippen LogP contribution is 2.30. The highest BCUT2D eigenvalue weighted by atomic mass is 32.2. The Balaban J connectivity index is 1.60. The topological polar surface area (TPSA) is 73.8 Å². The van der Waals surface area contributed by atoms with Crippen LogP contribution in [-0.4, -0.2) is 68.8 Å². The number of likely N-dealkylation sites (N-methyl/N-ethyl adjacent to an activating group) is 1. The summed E-state index contributed by atoms with van der Waals surface area (Å²) in [5.74, 6) is -0.187. The highest BCUT2D eigenvalue weighted by Gasteiger charge is 2.27. The van der Waals surface area contributed by atoms with Gasteiger partial charge in [-0.2, -0.15) is 4.31 Å². The maximum atomic E-state index is 13.4. The molecule has 1 aliphatic rings. The fraction of sp³-hybridized carbons (Fsp3) is 0.391. The number of sulfonamides is 1. The molecule has 4 rings (SSSR count). The number of hydrogen-bond acceptors (Lipinski definition) is 6. The molecular formula is C23H28N4O3S2. The van der Waals surface area contributed by atoms with Crippen LogP contribution in [0.2, 0.25) is 0 Å². The van der Waals surface area contributed by atoms with Gasteiger partial charge in [0.25, 0.3) is 5.91 Å². The Labute approximate surface area is 193 Å². The maximum Gasteiger partial charge on any atom is 0.260 e. The molecule has 9 heteroatoms. The van der Waals surface area contributed by atoms with Crippen LogP contribution in [0.15, 0.2) is 53.4 Å². The van der Waals surface area contributed by atoms with Gasteiger partial charge in [-0.25, -0.2) is 13.4 Å². The number of nitrogens with zero attached hydrogens (tertiary/aromatic N) is 4. The first kappa shape index (κ1) is 22.8. The van der Waals surface area contributed by atoms with E-state index in [0.717, 1.165) is 29.5 Å². The Morgan fingerprint density at radius 2 is 1.69 bits per heavy atom. The Morgan fingerprint density at radius 1 is 1.00 bits per heavy atom. The fourth-order valence-electron chi connectivity index (χ4n) is 3.74. The first-order valence-electron chi connectivity index (χ1n) is 10.8. The summed E-state index contributed by atoms with van der Waals surface area (Å²) in [4.78, 5) is 22.0. The number of rotatable bonds is 7. The van der Waals surface area contributed by atoms with Crippen LogP contribution >= 0.6 is 11.3 Å². The van der Waals surface area contributed by atoms with Gasteiger partial charge >= 0.3 is 0 Å². The molecule has 170 valence electrons. The van der Waals surface area contributed by atoms with E-state index < -0.39 is 10.0 Å². The number of piperidine rings is 1. The third kappa shape index (κ3) is 4.85. The van der Waals surface area contributed by atoms with E-state index in [2.05, 4.69) is 4.98 Å². The molecule has 32 heavy (non-hydrogen) atoms. The van der Waals surface area contributed by atoms with Gasteiger partial charge in [-0.1, -0.05) is 29.9 Å². The molecule has 2 aromatic carbocycles. The SMILES string of the molecule is CN(C)CCN(C(=O)c1ccc(S(=O)(=O)N2CCCCC2)cc1)c1nc2ccccc2s1. The van der Waals surface area contributed by atoms with Crippen LogP contribution in [0.4, 0.5) is 5.13 Å². The van der Waals surface area contributed by atoms with E-state index in [1.54, 1.807) is 29.2 Å². The van der Waals surface area contributed by atoms with E-state index in [1.165, 1.54) is 15.6 Å². The van der Waals surface area contributed by atoms with Crippen molar-refractivity contribution < 1.29 is 13.2 Å². The lowest BCUT2D eigenvalue weighted by Crippen LogP contribution is -2.37. The number of hydrogen-bond donors (Lipinski definition) is 0. The minimum absolute atomic E-state index is 0.187. The standard InChI is InChI=1S/C23H28N4O3S2/c1-25(2)16-17-27(23-24-20-8-4-5-9-21(20)31-23)22(28)18-10-12-19(13-11-18)32(29,30)26-14-6-3-7-15-26/h4-5,8-13H,3,6-7,14-17H2,1-2H3. The Hall–Kier alpha value is -2.33. The lowest BCUT2D eigenvalue weighted by atomic mass is 10.2. The molecule has 1 fully saturated rings. The van der Waals surface area contributed by atoms with Crippen LogP contribution < -0.4 is 4.90 Å². The van der Waals surface area contributed by atoms with Crippen molar-refractivity contribution in [3.8, 4) is 0 Å². The molecular weight excluding hydrogens is 444 g/mol. The summed E-state index contributed by atoms with van der Waals surface area (Å²) in [6.07, 6.45) is 2.84. The number of thiazole rings is 1. The molecule has 1 aliphatic heterocycles. The molecule has 0 N–H and O–H groups in total. The highest BCUT2D eigenvalue weighted by molar-refractivity contribution is 7.89. The first-order chi connectivity index (χ1) is 15.4. The van der Waals surface area contributed by atoms with Gasteiger partial charge in [-0.05, 0) is 63.3 Å². The summed E-state index contributed by atoms with van der Waals surface area (Å²) in [5, 5.41) is 0.642.